The molecule has 0 spiro atoms. The van der Waals surface area contributed by atoms with Crippen molar-refractivity contribution in [1.82, 2.24) is 14.9 Å². The molecule has 12 heteroatoms. The van der Waals surface area contributed by atoms with Crippen LogP contribution in [0.4, 0.5) is 11.5 Å². The average Bonchev–Trinajstić information content (AvgIpc) is 3.09. The van der Waals surface area contributed by atoms with Crippen LogP contribution in [0.2, 0.25) is 0 Å². The number of anilines is 2. The van der Waals surface area contributed by atoms with E-state index in [-0.39, 0.29) is 17.6 Å². The van der Waals surface area contributed by atoms with Gasteiger partial charge in [-0.15, -0.1) is 0 Å². The van der Waals surface area contributed by atoms with Crippen LogP contribution in [0.1, 0.15) is 38.0 Å². The molecule has 0 bridgehead atoms. The number of piperidine rings is 1. The number of nitrogen functional groups attached to an aromatic ring is 2. The molecule has 5 atom stereocenters. The van der Waals surface area contributed by atoms with E-state index < -0.39 is 42.3 Å². The second-order valence-corrected chi connectivity index (χ2v) is 8.21. The number of ether oxygens (including phenoxy) is 1. The normalized spacial score (nSPS) is 28.7. The molecule has 2 fully saturated rings. The first-order chi connectivity index (χ1) is 16.1. The molecule has 34 heavy (non-hydrogen) atoms. The van der Waals surface area contributed by atoms with E-state index in [0.717, 1.165) is 10.1 Å². The molecule has 0 radical (unpaired) electrons. The van der Waals surface area contributed by atoms with Gasteiger partial charge < -0.3 is 31.5 Å². The SMILES string of the molecule is CCC1(c2ccc(N)cc2)CCC(=O)NC1=O.Nc1ccn([C@@H]2O[C@H](CO)[C@@H](O)[C@@H]2O)c(=O)n1. The molecule has 2 saturated heterocycles. The number of hydrogen-bond acceptors (Lipinski definition) is 10. The lowest BCUT2D eigenvalue weighted by atomic mass is 9.72. The number of nitrogens with two attached hydrogens (primary N) is 2. The van der Waals surface area contributed by atoms with E-state index in [1.165, 1.54) is 12.3 Å². The van der Waals surface area contributed by atoms with Gasteiger partial charge in [-0.25, -0.2) is 4.79 Å². The minimum Gasteiger partial charge on any atom is -0.399 e. The summed E-state index contributed by atoms with van der Waals surface area (Å²) in [5.41, 5.74) is 11.3. The number of hydrogen-bond donors (Lipinski definition) is 6. The van der Waals surface area contributed by atoms with Crippen LogP contribution in [0.3, 0.4) is 0 Å². The Morgan fingerprint density at radius 3 is 2.35 bits per heavy atom. The van der Waals surface area contributed by atoms with E-state index in [0.29, 0.717) is 24.9 Å². The molecule has 4 rings (SSSR count). The van der Waals surface area contributed by atoms with E-state index in [2.05, 4.69) is 10.3 Å². The number of carbonyl (C=O) groups excluding carboxylic acids is 2. The molecule has 2 aliphatic rings. The van der Waals surface area contributed by atoms with Gasteiger partial charge >= 0.3 is 5.69 Å². The molecule has 0 aliphatic carbocycles. The monoisotopic (exact) mass is 475 g/mol. The Kier molecular flexibility index (Phi) is 7.67. The number of rotatable bonds is 4. The number of aliphatic hydroxyl groups is 3. The van der Waals surface area contributed by atoms with Gasteiger partial charge in [-0.1, -0.05) is 19.1 Å². The van der Waals surface area contributed by atoms with Gasteiger partial charge in [-0.05, 0) is 36.6 Å². The first-order valence-electron chi connectivity index (χ1n) is 10.8. The van der Waals surface area contributed by atoms with E-state index in [4.69, 9.17) is 21.3 Å². The largest absolute Gasteiger partial charge is 0.399 e. The fraction of sp³-hybridized carbons (Fsp3) is 0.455. The van der Waals surface area contributed by atoms with Gasteiger partial charge in [-0.3, -0.25) is 19.5 Å². The van der Waals surface area contributed by atoms with Crippen molar-refractivity contribution in [2.45, 2.75) is 56.1 Å². The quantitative estimate of drug-likeness (QED) is 0.230. The maximum Gasteiger partial charge on any atom is 0.351 e. The summed E-state index contributed by atoms with van der Waals surface area (Å²) in [5.74, 6) is -0.325. The van der Waals surface area contributed by atoms with Gasteiger partial charge in [0.15, 0.2) is 6.23 Å². The van der Waals surface area contributed by atoms with Crippen molar-refractivity contribution in [1.29, 1.82) is 0 Å². The Balaban J connectivity index is 0.000000191. The molecule has 184 valence electrons. The van der Waals surface area contributed by atoms with Crippen molar-refractivity contribution in [3.05, 3.63) is 52.6 Å². The second-order valence-electron chi connectivity index (χ2n) is 8.21. The van der Waals surface area contributed by atoms with Gasteiger partial charge in [0, 0.05) is 18.3 Å². The van der Waals surface area contributed by atoms with Crippen molar-refractivity contribution in [2.24, 2.45) is 0 Å². The van der Waals surface area contributed by atoms with E-state index >= 15 is 0 Å². The van der Waals surface area contributed by atoms with Crippen molar-refractivity contribution in [3.8, 4) is 0 Å². The number of nitrogens with one attached hydrogen (secondary N) is 1. The van der Waals surface area contributed by atoms with Crippen molar-refractivity contribution in [2.75, 3.05) is 18.1 Å². The minimum absolute atomic E-state index is 0.0537. The summed E-state index contributed by atoms with van der Waals surface area (Å²) in [4.78, 5) is 38.3. The summed E-state index contributed by atoms with van der Waals surface area (Å²) in [7, 11) is 0. The highest BCUT2D eigenvalue weighted by atomic mass is 16.6. The van der Waals surface area contributed by atoms with Gasteiger partial charge in [0.25, 0.3) is 0 Å². The average molecular weight is 476 g/mol. The molecule has 1 unspecified atom stereocenters. The van der Waals surface area contributed by atoms with Crippen LogP contribution in [0.25, 0.3) is 0 Å². The maximum atomic E-state index is 12.1. The van der Waals surface area contributed by atoms with Gasteiger partial charge in [-0.2, -0.15) is 4.98 Å². The molecular weight excluding hydrogens is 446 g/mol. The van der Waals surface area contributed by atoms with Crippen LogP contribution in [0.15, 0.2) is 41.3 Å². The fourth-order valence-electron chi connectivity index (χ4n) is 4.10. The first kappa shape index (κ1) is 25.3. The van der Waals surface area contributed by atoms with Crippen molar-refractivity contribution in [3.63, 3.8) is 0 Å². The van der Waals surface area contributed by atoms with Crippen LogP contribution < -0.4 is 22.5 Å². The zero-order chi connectivity index (χ0) is 25.0. The number of aromatic nitrogens is 2. The summed E-state index contributed by atoms with van der Waals surface area (Å²) < 4.78 is 6.19. The van der Waals surface area contributed by atoms with Crippen LogP contribution >= 0.6 is 0 Å². The summed E-state index contributed by atoms with van der Waals surface area (Å²) in [6.07, 6.45) is -1.63. The summed E-state index contributed by atoms with van der Waals surface area (Å²) in [6.45, 7) is 1.51. The molecule has 1 aromatic carbocycles. The number of amides is 2. The Morgan fingerprint density at radius 2 is 1.82 bits per heavy atom. The van der Waals surface area contributed by atoms with Crippen LogP contribution in [0, 0.1) is 0 Å². The third-order valence-corrected chi connectivity index (χ3v) is 6.18. The van der Waals surface area contributed by atoms with Crippen LogP contribution in [-0.2, 0) is 19.7 Å². The third kappa shape index (κ3) is 4.94. The van der Waals surface area contributed by atoms with Gasteiger partial charge in [0.05, 0.1) is 12.0 Å². The fourth-order valence-corrected chi connectivity index (χ4v) is 4.10. The first-order valence-corrected chi connectivity index (χ1v) is 10.8. The highest BCUT2D eigenvalue weighted by Gasteiger charge is 2.44. The number of aliphatic hydroxyl groups excluding tert-OH is 3. The Hall–Kier alpha value is -3.32. The predicted octanol–water partition coefficient (Wildman–Crippen LogP) is -1.21. The van der Waals surface area contributed by atoms with Crippen molar-refractivity contribution >= 4 is 23.3 Å². The molecule has 3 heterocycles. The number of nitrogens with zero attached hydrogens (tertiary/aromatic N) is 2. The lowest BCUT2D eigenvalue weighted by Gasteiger charge is -2.34. The standard InChI is InChI=1S/C13H16N2O2.C9H13N3O5/c1-2-13(8-7-11(16)15-12(13)17)9-3-5-10(14)6-4-9;10-5-1-2-12(9(16)11-5)8-7(15)6(14)4(3-13)17-8/h3-6H,2,7-8,14H2,1H3,(H,15,16,17);1-2,4,6-8,13-15H,3H2,(H2,10,11,16)/t;4-,6-,7+,8-/m.1/s1. The van der Waals surface area contributed by atoms with Crippen LogP contribution in [-0.4, -0.2) is 61.6 Å². The molecule has 0 saturated carbocycles. The highest BCUT2D eigenvalue weighted by Crippen LogP contribution is 2.36. The smallest absolute Gasteiger partial charge is 0.351 e. The van der Waals surface area contributed by atoms with E-state index in [1.54, 1.807) is 12.1 Å². The number of benzene rings is 1. The maximum absolute atomic E-state index is 12.1. The predicted molar refractivity (Wildman–Crippen MR) is 121 cm³/mol. The van der Waals surface area contributed by atoms with Gasteiger partial charge in [0.2, 0.25) is 11.8 Å². The molecule has 1 aromatic heterocycles. The number of imide groups is 1. The number of carbonyl (C=O) groups is 2. The zero-order valence-electron chi connectivity index (χ0n) is 18.6. The molecule has 2 aliphatic heterocycles. The lowest BCUT2D eigenvalue weighted by molar-refractivity contribution is -0.138. The molecule has 12 nitrogen and oxygen atoms in total. The van der Waals surface area contributed by atoms with Crippen LogP contribution in [0.5, 0.6) is 0 Å². The Morgan fingerprint density at radius 1 is 1.15 bits per heavy atom. The molecular formula is C22H29N5O7. The lowest BCUT2D eigenvalue weighted by Crippen LogP contribution is -2.51. The molecule has 2 amide bonds. The van der Waals surface area contributed by atoms with E-state index in [1.807, 2.05) is 19.1 Å². The molecule has 8 N–H and O–H groups in total. The molecule has 2 aromatic rings. The highest BCUT2D eigenvalue weighted by molar-refractivity contribution is 6.03. The second kappa shape index (κ2) is 10.3. The zero-order valence-corrected chi connectivity index (χ0v) is 18.6. The minimum atomic E-state index is -1.31. The van der Waals surface area contributed by atoms with Gasteiger partial charge in [0.1, 0.15) is 24.1 Å². The van der Waals surface area contributed by atoms with E-state index in [9.17, 15) is 24.6 Å². The summed E-state index contributed by atoms with van der Waals surface area (Å²) >= 11 is 0. The summed E-state index contributed by atoms with van der Waals surface area (Å²) in [6, 6.07) is 8.69. The Bertz CT molecular complexity index is 1090. The third-order valence-electron chi connectivity index (χ3n) is 6.18. The topological polar surface area (TPSA) is 203 Å². The Labute approximate surface area is 195 Å². The van der Waals surface area contributed by atoms with Crippen molar-refractivity contribution < 1.29 is 29.6 Å². The summed E-state index contributed by atoms with van der Waals surface area (Å²) in [5, 5.41) is 30.6.